The molecular weight excluding hydrogens is 438 g/mol. The summed E-state index contributed by atoms with van der Waals surface area (Å²) < 4.78 is 2.97. The molecule has 2 aromatic heterocycles. The normalized spacial score (nSPS) is 13.8. The fourth-order valence-corrected chi connectivity index (χ4v) is 4.88. The minimum atomic E-state index is -0.243. The average Bonchev–Trinajstić information content (AvgIpc) is 3.56. The number of carbonyl (C=O) groups is 3. The van der Waals surface area contributed by atoms with E-state index in [9.17, 15) is 14.4 Å². The van der Waals surface area contributed by atoms with Gasteiger partial charge in [0.05, 0.1) is 22.2 Å². The van der Waals surface area contributed by atoms with Crippen LogP contribution >= 0.6 is 11.3 Å². The molecule has 1 aliphatic rings. The van der Waals surface area contributed by atoms with Crippen molar-refractivity contribution in [1.82, 2.24) is 14.5 Å². The van der Waals surface area contributed by atoms with Gasteiger partial charge in [-0.3, -0.25) is 24.2 Å². The number of hydrogen-bond acceptors (Lipinski definition) is 6. The zero-order valence-electron chi connectivity index (χ0n) is 17.8. The standard InChI is InChI=1S/C24H21N5O3S/c30-21-9-10-22(31)29(21)18-6-3-5-17(15-18)23(32)28(13-4-12-27-14-11-25-16-27)24-26-19-7-1-2-8-20(19)33-24/h1-3,5-8,11,14-16H,4,9-10,12-13H2. The van der Waals surface area contributed by atoms with E-state index in [0.717, 1.165) is 15.1 Å². The van der Waals surface area contributed by atoms with Crippen LogP contribution in [-0.2, 0) is 16.1 Å². The molecule has 5 rings (SSSR count). The second-order valence-corrected chi connectivity index (χ2v) is 8.76. The van der Waals surface area contributed by atoms with E-state index in [4.69, 9.17) is 0 Å². The van der Waals surface area contributed by atoms with Gasteiger partial charge < -0.3 is 4.57 Å². The number of carbonyl (C=O) groups excluding carboxylic acids is 3. The lowest BCUT2D eigenvalue weighted by atomic mass is 10.1. The number of aromatic nitrogens is 3. The Bertz CT molecular complexity index is 1280. The summed E-state index contributed by atoms with van der Waals surface area (Å²) in [6.07, 6.45) is 6.46. The Morgan fingerprint density at radius 3 is 2.64 bits per heavy atom. The van der Waals surface area contributed by atoms with Gasteiger partial charge in [0, 0.05) is 43.9 Å². The van der Waals surface area contributed by atoms with Gasteiger partial charge in [-0.1, -0.05) is 29.5 Å². The van der Waals surface area contributed by atoms with Crippen LogP contribution < -0.4 is 9.80 Å². The van der Waals surface area contributed by atoms with Crippen molar-refractivity contribution in [3.05, 3.63) is 72.8 Å². The predicted molar refractivity (Wildman–Crippen MR) is 126 cm³/mol. The molecule has 3 amide bonds. The zero-order valence-corrected chi connectivity index (χ0v) is 18.6. The number of para-hydroxylation sites is 1. The molecule has 0 bridgehead atoms. The molecule has 9 heteroatoms. The highest BCUT2D eigenvalue weighted by molar-refractivity contribution is 7.22. The van der Waals surface area contributed by atoms with Crippen molar-refractivity contribution < 1.29 is 14.4 Å². The van der Waals surface area contributed by atoms with Gasteiger partial charge >= 0.3 is 0 Å². The Morgan fingerprint density at radius 2 is 1.88 bits per heavy atom. The van der Waals surface area contributed by atoms with Crippen LogP contribution in [0.2, 0.25) is 0 Å². The lowest BCUT2D eigenvalue weighted by molar-refractivity contribution is -0.121. The van der Waals surface area contributed by atoms with Crippen molar-refractivity contribution >= 4 is 50.1 Å². The number of nitrogens with zero attached hydrogens (tertiary/aromatic N) is 5. The first-order chi connectivity index (χ1) is 16.1. The second kappa shape index (κ2) is 8.95. The van der Waals surface area contributed by atoms with Crippen molar-refractivity contribution in [3.63, 3.8) is 0 Å². The van der Waals surface area contributed by atoms with E-state index in [1.54, 1.807) is 41.7 Å². The second-order valence-electron chi connectivity index (χ2n) is 7.75. The Hall–Kier alpha value is -3.85. The number of aryl methyl sites for hydroxylation is 1. The van der Waals surface area contributed by atoms with E-state index >= 15 is 0 Å². The maximum Gasteiger partial charge on any atom is 0.260 e. The summed E-state index contributed by atoms with van der Waals surface area (Å²) in [4.78, 5) is 49.6. The predicted octanol–water partition coefficient (Wildman–Crippen LogP) is 3.88. The van der Waals surface area contributed by atoms with E-state index in [2.05, 4.69) is 9.97 Å². The van der Waals surface area contributed by atoms with E-state index in [1.165, 1.54) is 11.3 Å². The fourth-order valence-electron chi connectivity index (χ4n) is 3.89. The molecular formula is C24H21N5O3S. The van der Waals surface area contributed by atoms with Crippen LogP contribution in [-0.4, -0.2) is 38.8 Å². The van der Waals surface area contributed by atoms with Gasteiger partial charge in [0.25, 0.3) is 5.91 Å². The molecule has 0 saturated carbocycles. The van der Waals surface area contributed by atoms with Crippen molar-refractivity contribution in [2.45, 2.75) is 25.8 Å². The molecule has 0 unspecified atom stereocenters. The van der Waals surface area contributed by atoms with Gasteiger partial charge in [0.15, 0.2) is 5.13 Å². The Morgan fingerprint density at radius 1 is 1.06 bits per heavy atom. The number of rotatable bonds is 7. The molecule has 166 valence electrons. The highest BCUT2D eigenvalue weighted by Crippen LogP contribution is 2.31. The molecule has 1 fully saturated rings. The van der Waals surface area contributed by atoms with E-state index in [1.807, 2.05) is 35.0 Å². The number of benzene rings is 2. The molecule has 0 spiro atoms. The quantitative estimate of drug-likeness (QED) is 0.391. The molecule has 1 aliphatic heterocycles. The summed E-state index contributed by atoms with van der Waals surface area (Å²) in [5.74, 6) is -0.707. The van der Waals surface area contributed by atoms with E-state index in [0.29, 0.717) is 35.9 Å². The molecule has 4 aromatic rings. The van der Waals surface area contributed by atoms with E-state index < -0.39 is 0 Å². The van der Waals surface area contributed by atoms with Crippen LogP contribution in [0.5, 0.6) is 0 Å². The number of amides is 3. The van der Waals surface area contributed by atoms with Crippen LogP contribution in [0.3, 0.4) is 0 Å². The third-order valence-corrected chi connectivity index (χ3v) is 6.58. The lowest BCUT2D eigenvalue weighted by Gasteiger charge is -2.21. The van der Waals surface area contributed by atoms with Gasteiger partial charge in [0.2, 0.25) is 11.8 Å². The van der Waals surface area contributed by atoms with Gasteiger partial charge in [-0.05, 0) is 36.8 Å². The maximum atomic E-state index is 13.6. The van der Waals surface area contributed by atoms with Gasteiger partial charge in [0.1, 0.15) is 0 Å². The first-order valence-corrected chi connectivity index (χ1v) is 11.5. The smallest absolute Gasteiger partial charge is 0.260 e. The molecule has 8 nitrogen and oxygen atoms in total. The number of thiazole rings is 1. The largest absolute Gasteiger partial charge is 0.337 e. The monoisotopic (exact) mass is 459 g/mol. The molecule has 2 aromatic carbocycles. The van der Waals surface area contributed by atoms with Gasteiger partial charge in [-0.25, -0.2) is 9.97 Å². The Labute approximate surface area is 194 Å². The summed E-state index contributed by atoms with van der Waals surface area (Å²) in [5.41, 5.74) is 1.67. The third-order valence-electron chi connectivity index (χ3n) is 5.52. The molecule has 0 radical (unpaired) electrons. The number of imidazole rings is 1. The number of imide groups is 1. The topological polar surface area (TPSA) is 88.4 Å². The Balaban J connectivity index is 1.45. The maximum absolute atomic E-state index is 13.6. The van der Waals surface area contributed by atoms with Crippen LogP contribution in [0.15, 0.2) is 67.3 Å². The van der Waals surface area contributed by atoms with Gasteiger partial charge in [-0.15, -0.1) is 0 Å². The fraction of sp³-hybridized carbons (Fsp3) is 0.208. The van der Waals surface area contributed by atoms with Crippen LogP contribution in [0.1, 0.15) is 29.6 Å². The third kappa shape index (κ3) is 4.27. The van der Waals surface area contributed by atoms with E-state index in [-0.39, 0.29) is 30.6 Å². The first-order valence-electron chi connectivity index (χ1n) is 10.7. The molecule has 0 aliphatic carbocycles. The van der Waals surface area contributed by atoms with Crippen molar-refractivity contribution in [3.8, 4) is 0 Å². The van der Waals surface area contributed by atoms with Crippen LogP contribution in [0.25, 0.3) is 10.2 Å². The Kier molecular flexibility index (Phi) is 5.70. The minimum absolute atomic E-state index is 0.198. The van der Waals surface area contributed by atoms with Crippen LogP contribution in [0, 0.1) is 0 Å². The molecule has 33 heavy (non-hydrogen) atoms. The summed E-state index contributed by atoms with van der Waals surface area (Å²) in [7, 11) is 0. The molecule has 3 heterocycles. The van der Waals surface area contributed by atoms with Crippen molar-refractivity contribution in [2.24, 2.45) is 0 Å². The highest BCUT2D eigenvalue weighted by atomic mass is 32.1. The average molecular weight is 460 g/mol. The molecule has 1 saturated heterocycles. The number of anilines is 2. The lowest BCUT2D eigenvalue weighted by Crippen LogP contribution is -2.33. The summed E-state index contributed by atoms with van der Waals surface area (Å²) in [6, 6.07) is 14.5. The number of hydrogen-bond donors (Lipinski definition) is 0. The highest BCUT2D eigenvalue weighted by Gasteiger charge is 2.31. The summed E-state index contributed by atoms with van der Waals surface area (Å²) in [6.45, 7) is 1.17. The zero-order chi connectivity index (χ0) is 22.8. The van der Waals surface area contributed by atoms with Gasteiger partial charge in [-0.2, -0.15) is 0 Å². The summed E-state index contributed by atoms with van der Waals surface area (Å²) >= 11 is 1.46. The van der Waals surface area contributed by atoms with Crippen molar-refractivity contribution in [2.75, 3.05) is 16.3 Å². The SMILES string of the molecule is O=C(c1cccc(N2C(=O)CCC2=O)c1)N(CCCn1ccnc1)c1nc2ccccc2s1. The molecule has 0 atom stereocenters. The summed E-state index contributed by atoms with van der Waals surface area (Å²) in [5, 5.41) is 0.616. The number of fused-ring (bicyclic) bond motifs is 1. The van der Waals surface area contributed by atoms with Crippen LogP contribution in [0.4, 0.5) is 10.8 Å². The van der Waals surface area contributed by atoms with Crippen molar-refractivity contribution in [1.29, 1.82) is 0 Å². The molecule has 0 N–H and O–H groups in total. The minimum Gasteiger partial charge on any atom is -0.337 e. The first kappa shape index (κ1) is 21.0.